The molecule has 0 aliphatic heterocycles. The zero-order valence-corrected chi connectivity index (χ0v) is 24.9. The molecule has 1 aromatic heterocycles. The van der Waals surface area contributed by atoms with Crippen molar-refractivity contribution >= 4 is 65.0 Å². The second-order valence-electron chi connectivity index (χ2n) is 11.7. The van der Waals surface area contributed by atoms with Crippen LogP contribution in [0.3, 0.4) is 0 Å². The van der Waals surface area contributed by atoms with E-state index >= 15 is 0 Å². The van der Waals surface area contributed by atoms with Crippen LogP contribution in [0.1, 0.15) is 12.3 Å². The van der Waals surface area contributed by atoms with Crippen LogP contribution in [0.2, 0.25) is 0 Å². The molecule has 0 saturated carbocycles. The highest BCUT2D eigenvalue weighted by molar-refractivity contribution is 6.27. The lowest BCUT2D eigenvalue weighted by molar-refractivity contribution is 0.673. The van der Waals surface area contributed by atoms with Gasteiger partial charge in [-0.25, -0.2) is 0 Å². The smallest absolute Gasteiger partial charge is 0.143 e. The Kier molecular flexibility index (Phi) is 4.05. The van der Waals surface area contributed by atoms with Crippen molar-refractivity contribution in [2.75, 3.05) is 0 Å². The van der Waals surface area contributed by atoms with Gasteiger partial charge in [-0.15, -0.1) is 0 Å². The highest BCUT2D eigenvalue weighted by Gasteiger charge is 2.21. The summed E-state index contributed by atoms with van der Waals surface area (Å²) in [5.41, 5.74) is 4.75. The van der Waals surface area contributed by atoms with E-state index in [2.05, 4.69) is 48.5 Å². The molecule has 0 unspecified atom stereocenters. The minimum Gasteiger partial charge on any atom is -0.455 e. The maximum Gasteiger partial charge on any atom is 0.143 e. The lowest BCUT2D eigenvalue weighted by atomic mass is 9.84. The van der Waals surface area contributed by atoms with Gasteiger partial charge in [-0.3, -0.25) is 0 Å². The molecule has 10 aromatic rings. The van der Waals surface area contributed by atoms with Gasteiger partial charge >= 0.3 is 0 Å². The summed E-state index contributed by atoms with van der Waals surface area (Å²) in [7, 11) is 0. The summed E-state index contributed by atoms with van der Waals surface area (Å²) in [6.45, 7) is 0. The summed E-state index contributed by atoms with van der Waals surface area (Å²) in [6.07, 6.45) is 0. The van der Waals surface area contributed by atoms with Crippen molar-refractivity contribution in [2.24, 2.45) is 0 Å². The second-order valence-corrected chi connectivity index (χ2v) is 11.7. The van der Waals surface area contributed by atoms with E-state index in [1.165, 1.54) is 0 Å². The van der Waals surface area contributed by atoms with E-state index in [1.807, 2.05) is 66.7 Å². The molecule has 1 nitrogen and oxygen atoms in total. The molecule has 1 heteroatoms. The molecule has 0 N–H and O–H groups in total. The highest BCUT2D eigenvalue weighted by atomic mass is 16.3. The van der Waals surface area contributed by atoms with Gasteiger partial charge in [0.1, 0.15) is 11.2 Å². The molecule has 0 aliphatic rings. The number of benzene rings is 9. The van der Waals surface area contributed by atoms with E-state index in [0.717, 1.165) is 54.6 Å². The van der Waals surface area contributed by atoms with Gasteiger partial charge in [-0.1, -0.05) is 145 Å². The first kappa shape index (κ1) is 18.7. The SMILES string of the molecule is [2H]c1c([2H])c(-c2c3ccccc3c(-c3cccc(-c4ccc5ccccc5c4)c3)c3ccccc23)c2c(oc3c4c([2H])c([2H])c([2H])c([2H])c4c([2H])c([2H])c32)c1[2H]. The van der Waals surface area contributed by atoms with Crippen molar-refractivity contribution in [3.8, 4) is 33.4 Å². The molecular weight excluding hydrogens is 569 g/mol. The van der Waals surface area contributed by atoms with Crippen LogP contribution < -0.4 is 0 Å². The number of hydrogen-bond acceptors (Lipinski definition) is 1. The van der Waals surface area contributed by atoms with Crippen molar-refractivity contribution in [1.29, 1.82) is 0 Å². The first-order valence-electron chi connectivity index (χ1n) is 19.9. The van der Waals surface area contributed by atoms with Crippen molar-refractivity contribution in [3.63, 3.8) is 0 Å². The normalized spacial score (nSPS) is 14.5. The molecule has 0 bridgehead atoms. The van der Waals surface area contributed by atoms with Crippen LogP contribution in [0.25, 0.3) is 98.4 Å². The van der Waals surface area contributed by atoms with Crippen LogP contribution in [0, 0.1) is 0 Å². The number of fused-ring (bicyclic) bond motifs is 8. The van der Waals surface area contributed by atoms with Gasteiger partial charge in [0.2, 0.25) is 0 Å². The van der Waals surface area contributed by atoms with E-state index < -0.39 is 36.3 Å². The monoisotopic (exact) mass is 605 g/mol. The summed E-state index contributed by atoms with van der Waals surface area (Å²) in [4.78, 5) is 0. The quantitative estimate of drug-likeness (QED) is 0.183. The molecule has 0 fully saturated rings. The highest BCUT2D eigenvalue weighted by Crippen LogP contribution is 2.47. The minimum atomic E-state index is -0.532. The molecule has 1 heterocycles. The third-order valence-corrected chi connectivity index (χ3v) is 9.16. The van der Waals surface area contributed by atoms with Gasteiger partial charge in [-0.05, 0) is 95.3 Å². The average molecular weight is 606 g/mol. The largest absolute Gasteiger partial charge is 0.455 e. The third-order valence-electron chi connectivity index (χ3n) is 9.16. The third kappa shape index (κ3) is 3.97. The molecule has 0 radical (unpaired) electrons. The summed E-state index contributed by atoms with van der Waals surface area (Å²) in [6, 6.07) is 35.1. The van der Waals surface area contributed by atoms with Crippen molar-refractivity contribution in [3.05, 3.63) is 170 Å². The fourth-order valence-electron chi connectivity index (χ4n) is 7.09. The summed E-state index contributed by atoms with van der Waals surface area (Å²) in [5.74, 6) is 0. The molecule has 0 atom stereocenters. The summed E-state index contributed by atoms with van der Waals surface area (Å²) in [5, 5.41) is 5.59. The molecule has 47 heavy (non-hydrogen) atoms. The molecule has 9 aromatic carbocycles. The Morgan fingerprint density at radius 1 is 0.404 bits per heavy atom. The van der Waals surface area contributed by atoms with Gasteiger partial charge in [0, 0.05) is 16.2 Å². The Morgan fingerprint density at radius 3 is 1.89 bits per heavy atom. The van der Waals surface area contributed by atoms with E-state index in [0.29, 0.717) is 5.56 Å². The van der Waals surface area contributed by atoms with Gasteiger partial charge < -0.3 is 4.42 Å². The zero-order valence-electron chi connectivity index (χ0n) is 33.9. The van der Waals surface area contributed by atoms with Gasteiger partial charge in [0.15, 0.2) is 0 Å². The van der Waals surface area contributed by atoms with Crippen LogP contribution in [0.15, 0.2) is 174 Å². The second kappa shape index (κ2) is 10.2. The first-order valence-corrected chi connectivity index (χ1v) is 15.4. The molecule has 10 rings (SSSR count). The molecule has 0 amide bonds. The molecule has 0 spiro atoms. The summed E-state index contributed by atoms with van der Waals surface area (Å²) >= 11 is 0. The summed E-state index contributed by atoms with van der Waals surface area (Å²) < 4.78 is 86.1. The standard InChI is InChI=1S/C46H28O/c1-2-13-31-27-33(24-23-29(31)11-1)32-14-9-15-34(28-32)43-36-17-5-7-19-38(36)44(39-20-8-6-18-37(39)43)40-21-10-22-42-45(40)41-26-25-30-12-3-4-16-35(30)46(41)47-42/h1-28H/i3D,4D,10D,12D,16D,21D,22D,25D,26D. The number of hydrogen-bond donors (Lipinski definition) is 0. The lowest BCUT2D eigenvalue weighted by Crippen LogP contribution is -1.91. The van der Waals surface area contributed by atoms with Crippen LogP contribution in [0.4, 0.5) is 0 Å². The topological polar surface area (TPSA) is 13.1 Å². The van der Waals surface area contributed by atoms with E-state index in [-0.39, 0.29) is 56.4 Å². The molecule has 218 valence electrons. The van der Waals surface area contributed by atoms with E-state index in [1.54, 1.807) is 0 Å². The maximum absolute atomic E-state index is 9.47. The predicted octanol–water partition coefficient (Wildman–Crippen LogP) is 13.2. The Hall–Kier alpha value is -6.18. The van der Waals surface area contributed by atoms with Crippen molar-refractivity contribution in [2.45, 2.75) is 0 Å². The van der Waals surface area contributed by atoms with Gasteiger partial charge in [0.25, 0.3) is 0 Å². The number of rotatable bonds is 3. The molecule has 0 saturated heterocycles. The Morgan fingerprint density at radius 2 is 1.09 bits per heavy atom. The average Bonchev–Trinajstić information content (AvgIpc) is 3.62. The van der Waals surface area contributed by atoms with Crippen LogP contribution >= 0.6 is 0 Å². The van der Waals surface area contributed by atoms with Gasteiger partial charge in [0.05, 0.1) is 12.3 Å². The van der Waals surface area contributed by atoms with Crippen LogP contribution in [-0.4, -0.2) is 0 Å². The van der Waals surface area contributed by atoms with E-state index in [9.17, 15) is 2.74 Å². The lowest BCUT2D eigenvalue weighted by Gasteiger charge is -2.18. The zero-order chi connectivity index (χ0) is 38.7. The van der Waals surface area contributed by atoms with Crippen molar-refractivity contribution in [1.82, 2.24) is 0 Å². The maximum atomic E-state index is 9.47. The van der Waals surface area contributed by atoms with Crippen LogP contribution in [-0.2, 0) is 0 Å². The Bertz CT molecular complexity index is 3310. The fraction of sp³-hybridized carbons (Fsp3) is 0. The van der Waals surface area contributed by atoms with Crippen molar-refractivity contribution < 1.29 is 16.8 Å². The predicted molar refractivity (Wildman–Crippen MR) is 200 cm³/mol. The fourth-order valence-corrected chi connectivity index (χ4v) is 7.09. The Labute approximate surface area is 284 Å². The van der Waals surface area contributed by atoms with E-state index in [4.69, 9.17) is 14.0 Å². The first-order chi connectivity index (χ1) is 27.1. The Balaban J connectivity index is 1.34. The molecule has 0 aliphatic carbocycles. The van der Waals surface area contributed by atoms with Crippen LogP contribution in [0.5, 0.6) is 0 Å². The molecular formula is C46H28O. The minimum absolute atomic E-state index is 0.0554. The number of furan rings is 1. The van der Waals surface area contributed by atoms with Gasteiger partial charge in [-0.2, -0.15) is 0 Å².